The number of carbonyl (C=O) groups excluding carboxylic acids is 1. The maximum atomic E-state index is 12.5. The minimum atomic E-state index is 0.00765. The predicted octanol–water partition coefficient (Wildman–Crippen LogP) is 1.92. The lowest BCUT2D eigenvalue weighted by molar-refractivity contribution is 0.0302. The van der Waals surface area contributed by atoms with E-state index < -0.39 is 0 Å². The van der Waals surface area contributed by atoms with Crippen molar-refractivity contribution in [2.45, 2.75) is 6.92 Å². The number of rotatable bonds is 2. The standard InChI is InChI=1S/C16H17N3O2/c1-12-6-13(9-17-8-12)14-7-15(11-18-10-14)16(20)19-2-4-21-5-3-19/h6-11H,2-5H2,1H3. The molecule has 5 heteroatoms. The SMILES string of the molecule is Cc1cncc(-c2cncc(C(=O)N3CCOCC3)c2)c1. The fourth-order valence-electron chi connectivity index (χ4n) is 2.38. The molecule has 3 heterocycles. The van der Waals surface area contributed by atoms with E-state index in [4.69, 9.17) is 4.74 Å². The number of pyridine rings is 2. The minimum Gasteiger partial charge on any atom is -0.378 e. The van der Waals surface area contributed by atoms with E-state index in [1.54, 1.807) is 29.7 Å². The molecule has 0 unspecified atom stereocenters. The first-order chi connectivity index (χ1) is 10.2. The predicted molar refractivity (Wildman–Crippen MR) is 78.9 cm³/mol. The second-order valence-corrected chi connectivity index (χ2v) is 5.12. The molecule has 0 radical (unpaired) electrons. The molecule has 21 heavy (non-hydrogen) atoms. The van der Waals surface area contributed by atoms with E-state index in [9.17, 15) is 4.79 Å². The third-order valence-electron chi connectivity index (χ3n) is 3.49. The fourth-order valence-corrected chi connectivity index (χ4v) is 2.38. The number of aromatic nitrogens is 2. The Morgan fingerprint density at radius 2 is 1.71 bits per heavy atom. The number of morpholine rings is 1. The highest BCUT2D eigenvalue weighted by molar-refractivity contribution is 5.95. The van der Waals surface area contributed by atoms with Gasteiger partial charge in [-0.25, -0.2) is 0 Å². The van der Waals surface area contributed by atoms with Gasteiger partial charge in [-0.05, 0) is 24.6 Å². The van der Waals surface area contributed by atoms with E-state index in [0.717, 1.165) is 16.7 Å². The molecule has 0 bridgehead atoms. The molecule has 0 aromatic carbocycles. The summed E-state index contributed by atoms with van der Waals surface area (Å²) in [6, 6.07) is 3.91. The van der Waals surface area contributed by atoms with Crippen LogP contribution in [0.15, 0.2) is 36.9 Å². The lowest BCUT2D eigenvalue weighted by Crippen LogP contribution is -2.40. The molecular weight excluding hydrogens is 266 g/mol. The van der Waals surface area contributed by atoms with Crippen LogP contribution in [-0.4, -0.2) is 47.1 Å². The van der Waals surface area contributed by atoms with Crippen LogP contribution in [0.1, 0.15) is 15.9 Å². The van der Waals surface area contributed by atoms with E-state index in [-0.39, 0.29) is 5.91 Å². The van der Waals surface area contributed by atoms with Gasteiger partial charge in [0.15, 0.2) is 0 Å². The molecule has 1 aliphatic rings. The largest absolute Gasteiger partial charge is 0.378 e. The number of nitrogens with zero attached hydrogens (tertiary/aromatic N) is 3. The third kappa shape index (κ3) is 3.08. The van der Waals surface area contributed by atoms with Crippen LogP contribution in [0.4, 0.5) is 0 Å². The summed E-state index contributed by atoms with van der Waals surface area (Å²) >= 11 is 0. The number of hydrogen-bond acceptors (Lipinski definition) is 4. The van der Waals surface area contributed by atoms with Crippen LogP contribution < -0.4 is 0 Å². The first kappa shape index (κ1) is 13.7. The van der Waals surface area contributed by atoms with E-state index >= 15 is 0 Å². The molecule has 2 aromatic heterocycles. The van der Waals surface area contributed by atoms with Crippen molar-refractivity contribution in [1.29, 1.82) is 0 Å². The molecule has 0 spiro atoms. The van der Waals surface area contributed by atoms with Crippen molar-refractivity contribution < 1.29 is 9.53 Å². The molecule has 0 saturated carbocycles. The summed E-state index contributed by atoms with van der Waals surface area (Å²) in [7, 11) is 0. The van der Waals surface area contributed by atoms with Gasteiger partial charge in [0.25, 0.3) is 5.91 Å². The van der Waals surface area contributed by atoms with Gasteiger partial charge in [-0.1, -0.05) is 0 Å². The third-order valence-corrected chi connectivity index (χ3v) is 3.49. The van der Waals surface area contributed by atoms with Gasteiger partial charge in [0.2, 0.25) is 0 Å². The molecule has 108 valence electrons. The zero-order chi connectivity index (χ0) is 14.7. The van der Waals surface area contributed by atoms with Crippen LogP contribution in [0.2, 0.25) is 0 Å². The maximum Gasteiger partial charge on any atom is 0.255 e. The van der Waals surface area contributed by atoms with E-state index in [0.29, 0.717) is 31.9 Å². The summed E-state index contributed by atoms with van der Waals surface area (Å²) in [5.74, 6) is 0.00765. The summed E-state index contributed by atoms with van der Waals surface area (Å²) in [6.45, 7) is 4.46. The summed E-state index contributed by atoms with van der Waals surface area (Å²) in [4.78, 5) is 22.7. The Hall–Kier alpha value is -2.27. The summed E-state index contributed by atoms with van der Waals surface area (Å²) in [6.07, 6.45) is 6.96. The average molecular weight is 283 g/mol. The summed E-state index contributed by atoms with van der Waals surface area (Å²) in [5.41, 5.74) is 3.57. The zero-order valence-electron chi connectivity index (χ0n) is 12.0. The lowest BCUT2D eigenvalue weighted by atomic mass is 10.1. The van der Waals surface area contributed by atoms with Crippen molar-refractivity contribution in [2.75, 3.05) is 26.3 Å². The second kappa shape index (κ2) is 6.01. The Bertz CT molecular complexity index is 651. The van der Waals surface area contributed by atoms with Crippen LogP contribution in [-0.2, 0) is 4.74 Å². The Balaban J connectivity index is 1.87. The van der Waals surface area contributed by atoms with Gasteiger partial charge in [-0.2, -0.15) is 0 Å². The highest BCUT2D eigenvalue weighted by atomic mass is 16.5. The van der Waals surface area contributed by atoms with Crippen molar-refractivity contribution in [3.63, 3.8) is 0 Å². The lowest BCUT2D eigenvalue weighted by Gasteiger charge is -2.26. The molecule has 0 N–H and O–H groups in total. The monoisotopic (exact) mass is 283 g/mol. The van der Waals surface area contributed by atoms with Gasteiger partial charge in [0.1, 0.15) is 0 Å². The van der Waals surface area contributed by atoms with Gasteiger partial charge < -0.3 is 9.64 Å². The van der Waals surface area contributed by atoms with Crippen LogP contribution in [0.3, 0.4) is 0 Å². The maximum absolute atomic E-state index is 12.5. The van der Waals surface area contributed by atoms with Crippen LogP contribution >= 0.6 is 0 Å². The summed E-state index contributed by atoms with van der Waals surface area (Å²) in [5, 5.41) is 0. The molecule has 1 saturated heterocycles. The Morgan fingerprint density at radius 3 is 2.43 bits per heavy atom. The minimum absolute atomic E-state index is 0.00765. The second-order valence-electron chi connectivity index (χ2n) is 5.12. The number of carbonyl (C=O) groups is 1. The molecule has 2 aromatic rings. The van der Waals surface area contributed by atoms with Crippen LogP contribution in [0.25, 0.3) is 11.1 Å². The summed E-state index contributed by atoms with van der Waals surface area (Å²) < 4.78 is 5.27. The molecule has 0 aliphatic carbocycles. The van der Waals surface area contributed by atoms with Crippen molar-refractivity contribution in [2.24, 2.45) is 0 Å². The van der Waals surface area contributed by atoms with Crippen LogP contribution in [0.5, 0.6) is 0 Å². The van der Waals surface area contributed by atoms with E-state index in [1.165, 1.54) is 0 Å². The quantitative estimate of drug-likeness (QED) is 0.845. The van der Waals surface area contributed by atoms with Crippen LogP contribution in [0, 0.1) is 6.92 Å². The number of hydrogen-bond donors (Lipinski definition) is 0. The smallest absolute Gasteiger partial charge is 0.255 e. The number of aryl methyl sites for hydroxylation is 1. The highest BCUT2D eigenvalue weighted by Crippen LogP contribution is 2.20. The zero-order valence-corrected chi connectivity index (χ0v) is 12.0. The molecule has 1 amide bonds. The Labute approximate surface area is 123 Å². The molecule has 3 rings (SSSR count). The number of ether oxygens (including phenoxy) is 1. The first-order valence-corrected chi connectivity index (χ1v) is 6.98. The molecule has 1 fully saturated rings. The first-order valence-electron chi connectivity index (χ1n) is 6.98. The Kier molecular flexibility index (Phi) is 3.92. The normalized spacial score (nSPS) is 15.0. The van der Waals surface area contributed by atoms with Crippen molar-refractivity contribution in [3.05, 3.63) is 48.0 Å². The molecule has 1 aliphatic heterocycles. The highest BCUT2D eigenvalue weighted by Gasteiger charge is 2.19. The average Bonchev–Trinajstić information content (AvgIpc) is 2.55. The van der Waals surface area contributed by atoms with Crippen molar-refractivity contribution >= 4 is 5.91 Å². The fraction of sp³-hybridized carbons (Fsp3) is 0.312. The van der Waals surface area contributed by atoms with Crippen molar-refractivity contribution in [1.82, 2.24) is 14.9 Å². The van der Waals surface area contributed by atoms with Crippen molar-refractivity contribution in [3.8, 4) is 11.1 Å². The van der Waals surface area contributed by atoms with E-state index in [2.05, 4.69) is 9.97 Å². The van der Waals surface area contributed by atoms with Gasteiger partial charge >= 0.3 is 0 Å². The number of amides is 1. The topological polar surface area (TPSA) is 55.3 Å². The molecule has 5 nitrogen and oxygen atoms in total. The molecule has 0 atom stereocenters. The molecular formula is C16H17N3O2. The van der Waals surface area contributed by atoms with Gasteiger partial charge in [-0.15, -0.1) is 0 Å². The Morgan fingerprint density at radius 1 is 1.05 bits per heavy atom. The van der Waals surface area contributed by atoms with Gasteiger partial charge in [0, 0.05) is 49.0 Å². The van der Waals surface area contributed by atoms with Gasteiger partial charge in [-0.3, -0.25) is 14.8 Å². The van der Waals surface area contributed by atoms with Gasteiger partial charge in [0.05, 0.1) is 18.8 Å². The van der Waals surface area contributed by atoms with E-state index in [1.807, 2.05) is 19.1 Å².